The Morgan fingerprint density at radius 1 is 1.44 bits per heavy atom. The lowest BCUT2D eigenvalue weighted by molar-refractivity contribution is -0.0648. The monoisotopic (exact) mass is 254 g/mol. The third kappa shape index (κ3) is 3.14. The fourth-order valence-corrected chi connectivity index (χ4v) is 2.92. The van der Waals surface area contributed by atoms with Crippen molar-refractivity contribution >= 4 is 5.96 Å². The molecule has 2 rings (SSSR count). The van der Waals surface area contributed by atoms with Crippen LogP contribution in [0.15, 0.2) is 4.99 Å². The molecule has 1 saturated carbocycles. The number of unbranched alkanes of at least 4 members (excludes halogenated alkanes) is 1. The lowest BCUT2D eigenvalue weighted by Gasteiger charge is -2.44. The molecular weight excluding hydrogens is 228 g/mol. The van der Waals surface area contributed by atoms with Crippen LogP contribution < -0.4 is 11.3 Å². The molecule has 0 spiro atoms. The molecule has 0 aromatic carbocycles. The number of ether oxygens (including phenoxy) is 1. The minimum atomic E-state index is 0.372. The van der Waals surface area contributed by atoms with Crippen molar-refractivity contribution < 1.29 is 4.74 Å². The van der Waals surface area contributed by atoms with Crippen LogP contribution in [0, 0.1) is 0 Å². The van der Waals surface area contributed by atoms with Gasteiger partial charge in [0, 0.05) is 13.1 Å². The summed E-state index contributed by atoms with van der Waals surface area (Å²) in [6.07, 6.45) is 7.59. The first kappa shape index (κ1) is 13.6. The van der Waals surface area contributed by atoms with E-state index >= 15 is 0 Å². The molecule has 3 N–H and O–H groups in total. The van der Waals surface area contributed by atoms with E-state index in [1.54, 1.807) is 0 Å². The Hall–Kier alpha value is -0.810. The molecule has 1 saturated heterocycles. The average Bonchev–Trinajstić information content (AvgIpc) is 2.43. The molecule has 0 aromatic heterocycles. The number of morpholine rings is 1. The van der Waals surface area contributed by atoms with E-state index in [2.05, 4.69) is 22.2 Å². The summed E-state index contributed by atoms with van der Waals surface area (Å²) < 4.78 is 5.87. The maximum absolute atomic E-state index is 5.87. The fourth-order valence-electron chi connectivity index (χ4n) is 2.92. The van der Waals surface area contributed by atoms with Gasteiger partial charge in [-0.3, -0.25) is 10.4 Å². The maximum atomic E-state index is 5.87. The van der Waals surface area contributed by atoms with Gasteiger partial charge in [-0.2, -0.15) is 0 Å². The van der Waals surface area contributed by atoms with Gasteiger partial charge in [0.2, 0.25) is 5.96 Å². The van der Waals surface area contributed by atoms with Crippen LogP contribution in [0.4, 0.5) is 0 Å². The number of nitrogens with zero attached hydrogens (tertiary/aromatic N) is 2. The minimum Gasteiger partial charge on any atom is -0.374 e. The number of fused-ring (bicyclic) bond motifs is 1. The van der Waals surface area contributed by atoms with Crippen LogP contribution in [-0.2, 0) is 4.74 Å². The zero-order valence-electron chi connectivity index (χ0n) is 11.4. The highest BCUT2D eigenvalue weighted by Gasteiger charge is 2.35. The van der Waals surface area contributed by atoms with Crippen molar-refractivity contribution in [3.63, 3.8) is 0 Å². The van der Waals surface area contributed by atoms with Gasteiger partial charge in [0.1, 0.15) is 0 Å². The maximum Gasteiger partial charge on any atom is 0.208 e. The van der Waals surface area contributed by atoms with Gasteiger partial charge in [-0.15, -0.1) is 0 Å². The van der Waals surface area contributed by atoms with Crippen LogP contribution in [-0.4, -0.2) is 42.7 Å². The van der Waals surface area contributed by atoms with Gasteiger partial charge in [-0.25, -0.2) is 5.84 Å². The molecule has 1 aliphatic carbocycles. The summed E-state index contributed by atoms with van der Waals surface area (Å²) in [6.45, 7) is 4.72. The lowest BCUT2D eigenvalue weighted by Crippen LogP contribution is -2.59. The van der Waals surface area contributed by atoms with Crippen molar-refractivity contribution in [2.75, 3.05) is 19.7 Å². The van der Waals surface area contributed by atoms with Gasteiger partial charge in [0.25, 0.3) is 0 Å². The summed E-state index contributed by atoms with van der Waals surface area (Å²) >= 11 is 0. The normalized spacial score (nSPS) is 29.0. The summed E-state index contributed by atoms with van der Waals surface area (Å²) in [5, 5.41) is 0. The highest BCUT2D eigenvalue weighted by atomic mass is 16.5. The Morgan fingerprint density at radius 2 is 2.28 bits per heavy atom. The third-order valence-corrected chi connectivity index (χ3v) is 3.91. The number of guanidine groups is 1. The van der Waals surface area contributed by atoms with E-state index < -0.39 is 0 Å². The number of nitrogens with one attached hydrogen (secondary N) is 1. The van der Waals surface area contributed by atoms with E-state index in [4.69, 9.17) is 10.6 Å². The molecule has 0 bridgehead atoms. The topological polar surface area (TPSA) is 62.9 Å². The number of nitrogens with two attached hydrogens (primary N) is 1. The Labute approximate surface area is 110 Å². The Balaban J connectivity index is 2.01. The Morgan fingerprint density at radius 3 is 3.06 bits per heavy atom. The highest BCUT2D eigenvalue weighted by Crippen LogP contribution is 2.28. The lowest BCUT2D eigenvalue weighted by atomic mass is 9.90. The molecule has 104 valence electrons. The third-order valence-electron chi connectivity index (χ3n) is 3.91. The van der Waals surface area contributed by atoms with Crippen LogP contribution in [0.25, 0.3) is 0 Å². The molecule has 2 atom stereocenters. The molecule has 0 radical (unpaired) electrons. The second-order valence-electron chi connectivity index (χ2n) is 5.16. The predicted octanol–water partition coefficient (Wildman–Crippen LogP) is 1.25. The van der Waals surface area contributed by atoms with E-state index in [-0.39, 0.29) is 0 Å². The van der Waals surface area contributed by atoms with Gasteiger partial charge in [-0.05, 0) is 19.3 Å². The molecule has 5 nitrogen and oxygen atoms in total. The first-order valence-electron chi connectivity index (χ1n) is 7.26. The number of hydrazine groups is 1. The molecular formula is C13H26N4O. The van der Waals surface area contributed by atoms with Crippen LogP contribution >= 0.6 is 0 Å². The fraction of sp³-hybridized carbons (Fsp3) is 0.923. The summed E-state index contributed by atoms with van der Waals surface area (Å²) in [6, 6.07) is 0.462. The molecule has 0 aromatic rings. The van der Waals surface area contributed by atoms with Crippen molar-refractivity contribution in [3.05, 3.63) is 0 Å². The van der Waals surface area contributed by atoms with E-state index in [1.165, 1.54) is 25.7 Å². The Kier molecular flexibility index (Phi) is 5.26. The summed E-state index contributed by atoms with van der Waals surface area (Å²) in [5.41, 5.74) is 2.78. The molecule has 2 unspecified atom stereocenters. The van der Waals surface area contributed by atoms with Gasteiger partial charge in [-0.1, -0.05) is 26.2 Å². The standard InChI is InChI=1S/C13H26N4O/c1-2-3-8-15-13(16-14)17-9-10-18-12-7-5-4-6-11(12)17/h11-12H,2-10,14H2,1H3,(H,15,16). The molecule has 1 heterocycles. The van der Waals surface area contributed by atoms with Gasteiger partial charge >= 0.3 is 0 Å². The zero-order valence-corrected chi connectivity index (χ0v) is 11.4. The SMILES string of the molecule is CCCCN=C(NN)N1CCOC2CCCCC21. The quantitative estimate of drug-likeness (QED) is 0.262. The van der Waals surface area contributed by atoms with Crippen molar-refractivity contribution in [2.45, 2.75) is 57.6 Å². The number of aliphatic imine (C=N–C) groups is 1. The second-order valence-corrected chi connectivity index (χ2v) is 5.16. The first-order chi connectivity index (χ1) is 8.86. The number of hydrogen-bond donors (Lipinski definition) is 2. The van der Waals surface area contributed by atoms with Crippen LogP contribution in [0.1, 0.15) is 45.4 Å². The minimum absolute atomic E-state index is 0.372. The molecule has 2 fully saturated rings. The summed E-state index contributed by atoms with van der Waals surface area (Å²) in [5.74, 6) is 6.50. The van der Waals surface area contributed by atoms with Crippen molar-refractivity contribution in [1.29, 1.82) is 0 Å². The van der Waals surface area contributed by atoms with Crippen molar-refractivity contribution in [1.82, 2.24) is 10.3 Å². The summed E-state index contributed by atoms with van der Waals surface area (Å²) in [4.78, 5) is 6.92. The number of rotatable bonds is 3. The number of hydrogen-bond acceptors (Lipinski definition) is 3. The zero-order chi connectivity index (χ0) is 12.8. The summed E-state index contributed by atoms with van der Waals surface area (Å²) in [7, 11) is 0. The van der Waals surface area contributed by atoms with Crippen LogP contribution in [0.2, 0.25) is 0 Å². The molecule has 1 aliphatic heterocycles. The van der Waals surface area contributed by atoms with E-state index in [9.17, 15) is 0 Å². The molecule has 5 heteroatoms. The van der Waals surface area contributed by atoms with Gasteiger partial charge < -0.3 is 9.64 Å². The highest BCUT2D eigenvalue weighted by molar-refractivity contribution is 5.79. The first-order valence-corrected chi connectivity index (χ1v) is 7.26. The van der Waals surface area contributed by atoms with Crippen LogP contribution in [0.3, 0.4) is 0 Å². The smallest absolute Gasteiger partial charge is 0.208 e. The van der Waals surface area contributed by atoms with E-state index in [0.29, 0.717) is 12.1 Å². The van der Waals surface area contributed by atoms with E-state index in [1.807, 2.05) is 0 Å². The van der Waals surface area contributed by atoms with Crippen molar-refractivity contribution in [2.24, 2.45) is 10.8 Å². The van der Waals surface area contributed by atoms with Crippen LogP contribution in [0.5, 0.6) is 0 Å². The molecule has 2 aliphatic rings. The molecule has 0 amide bonds. The van der Waals surface area contributed by atoms with Crippen molar-refractivity contribution in [3.8, 4) is 0 Å². The van der Waals surface area contributed by atoms with E-state index in [0.717, 1.165) is 38.5 Å². The largest absolute Gasteiger partial charge is 0.374 e. The molecule has 18 heavy (non-hydrogen) atoms. The van der Waals surface area contributed by atoms with Gasteiger partial charge in [0.15, 0.2) is 0 Å². The average molecular weight is 254 g/mol. The predicted molar refractivity (Wildman–Crippen MR) is 73.2 cm³/mol. The Bertz CT molecular complexity index is 280. The van der Waals surface area contributed by atoms with Gasteiger partial charge in [0.05, 0.1) is 18.8 Å². The second kappa shape index (κ2) is 6.95.